The first-order valence-corrected chi connectivity index (χ1v) is 7.32. The fraction of sp³-hybridized carbons (Fsp3) is 0.438. The average molecular weight is 343 g/mol. The van der Waals surface area contributed by atoms with E-state index < -0.39 is 35.8 Å². The minimum atomic E-state index is -5.08. The van der Waals surface area contributed by atoms with E-state index in [1.54, 1.807) is 6.92 Å². The summed E-state index contributed by atoms with van der Waals surface area (Å²) >= 11 is 0. The van der Waals surface area contributed by atoms with Gasteiger partial charge in [0.25, 0.3) is 0 Å². The van der Waals surface area contributed by atoms with Crippen molar-refractivity contribution in [1.29, 1.82) is 0 Å². The number of anilines is 1. The highest BCUT2D eigenvalue weighted by molar-refractivity contribution is 6.17. The van der Waals surface area contributed by atoms with Crippen molar-refractivity contribution in [3.63, 3.8) is 0 Å². The Morgan fingerprint density at radius 2 is 1.92 bits per heavy atom. The van der Waals surface area contributed by atoms with Crippen LogP contribution in [0, 0.1) is 5.41 Å². The van der Waals surface area contributed by atoms with Gasteiger partial charge in [-0.3, -0.25) is 14.4 Å². The summed E-state index contributed by atoms with van der Waals surface area (Å²) in [5.41, 5.74) is -1.91. The molecule has 1 aromatic carbocycles. The van der Waals surface area contributed by atoms with Crippen LogP contribution in [0.2, 0.25) is 0 Å². The average Bonchev–Trinajstić information content (AvgIpc) is 2.63. The highest BCUT2D eigenvalue weighted by atomic mass is 19.4. The van der Waals surface area contributed by atoms with Crippen molar-refractivity contribution in [1.82, 2.24) is 0 Å². The summed E-state index contributed by atoms with van der Waals surface area (Å²) in [7, 11) is 0. The number of fused-ring (bicyclic) bond motifs is 1. The van der Waals surface area contributed by atoms with Crippen molar-refractivity contribution in [2.75, 3.05) is 18.1 Å². The van der Waals surface area contributed by atoms with Crippen molar-refractivity contribution in [3.8, 4) is 0 Å². The normalized spacial score (nSPS) is 21.0. The molecular formula is C16H16F3NO4. The number of para-hydroxylation sites is 1. The predicted octanol–water partition coefficient (Wildman–Crippen LogP) is 2.74. The number of Topliss-reactive ketones (excluding diaryl/α,β-unsaturated/α-hetero) is 1. The lowest BCUT2D eigenvalue weighted by Gasteiger charge is -2.25. The molecule has 0 aromatic heterocycles. The first-order valence-electron chi connectivity index (χ1n) is 7.32. The number of carbonyl (C=O) groups excluding carboxylic acids is 3. The highest BCUT2D eigenvalue weighted by Crippen LogP contribution is 2.38. The van der Waals surface area contributed by atoms with Gasteiger partial charge in [-0.25, -0.2) is 0 Å². The molecule has 1 amide bonds. The summed E-state index contributed by atoms with van der Waals surface area (Å²) < 4.78 is 43.5. The van der Waals surface area contributed by atoms with Crippen molar-refractivity contribution in [2.24, 2.45) is 5.41 Å². The van der Waals surface area contributed by atoms with Crippen molar-refractivity contribution in [2.45, 2.75) is 26.4 Å². The lowest BCUT2D eigenvalue weighted by Crippen LogP contribution is -2.43. The maximum Gasteiger partial charge on any atom is 0.471 e. The predicted molar refractivity (Wildman–Crippen MR) is 78.5 cm³/mol. The van der Waals surface area contributed by atoms with Crippen LogP contribution in [0.25, 0.3) is 0 Å². The van der Waals surface area contributed by atoms with Crippen LogP contribution in [0.5, 0.6) is 0 Å². The van der Waals surface area contributed by atoms with E-state index in [0.29, 0.717) is 4.90 Å². The number of ketones is 1. The zero-order valence-electron chi connectivity index (χ0n) is 13.1. The number of halogens is 3. The molecule has 0 spiro atoms. The largest absolute Gasteiger partial charge is 0.471 e. The molecule has 1 heterocycles. The Bertz CT molecular complexity index is 686. The van der Waals surface area contributed by atoms with Crippen LogP contribution in [0.4, 0.5) is 18.9 Å². The second kappa shape index (κ2) is 6.26. The number of alkyl halides is 3. The number of benzene rings is 1. The fourth-order valence-electron chi connectivity index (χ4n) is 2.62. The molecule has 0 fully saturated rings. The summed E-state index contributed by atoms with van der Waals surface area (Å²) in [5, 5.41) is 0. The topological polar surface area (TPSA) is 63.7 Å². The van der Waals surface area contributed by atoms with Crippen LogP contribution in [0.3, 0.4) is 0 Å². The van der Waals surface area contributed by atoms with Crippen molar-refractivity contribution in [3.05, 3.63) is 29.8 Å². The quantitative estimate of drug-likeness (QED) is 0.612. The molecule has 0 bridgehead atoms. The number of nitrogens with zero attached hydrogens (tertiary/aromatic N) is 1. The van der Waals surface area contributed by atoms with Crippen LogP contribution < -0.4 is 4.90 Å². The maximum atomic E-state index is 12.9. The van der Waals surface area contributed by atoms with E-state index in [0.717, 1.165) is 0 Å². The van der Waals surface area contributed by atoms with Crippen molar-refractivity contribution < 1.29 is 32.3 Å². The van der Waals surface area contributed by atoms with Gasteiger partial charge in [0.05, 0.1) is 12.3 Å². The lowest BCUT2D eigenvalue weighted by molar-refractivity contribution is -0.170. The fourth-order valence-corrected chi connectivity index (χ4v) is 2.62. The molecule has 130 valence electrons. The first-order chi connectivity index (χ1) is 11.1. The molecule has 1 aliphatic heterocycles. The molecule has 1 aliphatic rings. The zero-order chi connectivity index (χ0) is 18.1. The van der Waals surface area contributed by atoms with Gasteiger partial charge in [0, 0.05) is 12.1 Å². The van der Waals surface area contributed by atoms with Crippen molar-refractivity contribution >= 4 is 23.3 Å². The van der Waals surface area contributed by atoms with Gasteiger partial charge >= 0.3 is 18.1 Å². The number of hydrogen-bond acceptors (Lipinski definition) is 4. The smallest absolute Gasteiger partial charge is 0.465 e. The minimum absolute atomic E-state index is 0.0363. The van der Waals surface area contributed by atoms with Gasteiger partial charge in [-0.15, -0.1) is 0 Å². The van der Waals surface area contributed by atoms with Gasteiger partial charge in [-0.2, -0.15) is 13.2 Å². The van der Waals surface area contributed by atoms with E-state index >= 15 is 0 Å². The molecule has 1 unspecified atom stereocenters. The van der Waals surface area contributed by atoms with Gasteiger partial charge in [0.1, 0.15) is 5.41 Å². The Labute approximate surface area is 136 Å². The molecule has 24 heavy (non-hydrogen) atoms. The molecular weight excluding hydrogens is 327 g/mol. The molecule has 8 heteroatoms. The molecule has 0 saturated carbocycles. The third-order valence-corrected chi connectivity index (χ3v) is 3.99. The zero-order valence-corrected chi connectivity index (χ0v) is 13.1. The van der Waals surface area contributed by atoms with E-state index in [1.807, 2.05) is 0 Å². The summed E-state index contributed by atoms with van der Waals surface area (Å²) in [6, 6.07) is 5.45. The molecule has 0 saturated heterocycles. The second-order valence-corrected chi connectivity index (χ2v) is 5.60. The lowest BCUT2D eigenvalue weighted by atomic mass is 9.80. The van der Waals surface area contributed by atoms with Crippen LogP contribution >= 0.6 is 0 Å². The third kappa shape index (κ3) is 3.00. The number of carbonyl (C=O) groups is 3. The standard InChI is InChI=1S/C16H16F3NO4/c1-3-24-14(23)15(2)8-9-20(13(22)16(17,18)19)11-7-5-4-6-10(11)12(15)21/h4-7H,3,8-9H2,1-2H3. The third-order valence-electron chi connectivity index (χ3n) is 3.99. The molecule has 2 rings (SSSR count). The number of amides is 1. The van der Waals surface area contributed by atoms with Crippen LogP contribution in [-0.2, 0) is 14.3 Å². The van der Waals surface area contributed by atoms with Gasteiger partial charge < -0.3 is 9.64 Å². The monoisotopic (exact) mass is 343 g/mol. The van der Waals surface area contributed by atoms with E-state index in [4.69, 9.17) is 4.74 Å². The SMILES string of the molecule is CCOC(=O)C1(C)CCN(C(=O)C(F)(F)F)c2ccccc2C1=O. The van der Waals surface area contributed by atoms with Crippen LogP contribution in [0.1, 0.15) is 30.6 Å². The Morgan fingerprint density at radius 1 is 1.29 bits per heavy atom. The van der Waals surface area contributed by atoms with Crippen LogP contribution in [-0.4, -0.2) is 37.0 Å². The number of rotatable bonds is 2. The molecule has 0 radical (unpaired) electrons. The summed E-state index contributed by atoms with van der Waals surface area (Å²) in [6.45, 7) is 2.51. The Kier molecular flexibility index (Phi) is 4.68. The molecule has 1 aromatic rings. The maximum absolute atomic E-state index is 12.9. The van der Waals surface area contributed by atoms with Crippen LogP contribution in [0.15, 0.2) is 24.3 Å². The number of hydrogen-bond donors (Lipinski definition) is 0. The molecule has 5 nitrogen and oxygen atoms in total. The number of ether oxygens (including phenoxy) is 1. The highest BCUT2D eigenvalue weighted by Gasteiger charge is 2.50. The van der Waals surface area contributed by atoms with Gasteiger partial charge in [0.15, 0.2) is 5.78 Å². The first kappa shape index (κ1) is 18.0. The van der Waals surface area contributed by atoms with Gasteiger partial charge in [0.2, 0.25) is 0 Å². The Morgan fingerprint density at radius 3 is 2.50 bits per heavy atom. The second-order valence-electron chi connectivity index (χ2n) is 5.60. The van der Waals surface area contributed by atoms with E-state index in [-0.39, 0.29) is 24.3 Å². The van der Waals surface area contributed by atoms with Gasteiger partial charge in [-0.1, -0.05) is 12.1 Å². The Hall–Kier alpha value is -2.38. The molecule has 0 aliphatic carbocycles. The summed E-state index contributed by atoms with van der Waals surface area (Å²) in [4.78, 5) is 37.2. The van der Waals surface area contributed by atoms with E-state index in [1.165, 1.54) is 31.2 Å². The van der Waals surface area contributed by atoms with E-state index in [2.05, 4.69) is 0 Å². The summed E-state index contributed by atoms with van der Waals surface area (Å²) in [6.07, 6.45) is -5.35. The minimum Gasteiger partial charge on any atom is -0.465 e. The van der Waals surface area contributed by atoms with Gasteiger partial charge in [-0.05, 0) is 32.4 Å². The van der Waals surface area contributed by atoms with E-state index in [9.17, 15) is 27.6 Å². The molecule has 0 N–H and O–H groups in total. The molecule has 1 atom stereocenters. The summed E-state index contributed by atoms with van der Waals surface area (Å²) in [5.74, 6) is -3.55. The Balaban J connectivity index is 2.55. The number of esters is 1.